The van der Waals surface area contributed by atoms with E-state index in [0.29, 0.717) is 0 Å². The van der Waals surface area contributed by atoms with Crippen LogP contribution in [0.15, 0.2) is 86.0 Å². The van der Waals surface area contributed by atoms with E-state index in [9.17, 15) is 0 Å². The van der Waals surface area contributed by atoms with Crippen LogP contribution in [0.3, 0.4) is 0 Å². The molecule has 0 heterocycles. The van der Waals surface area contributed by atoms with Crippen molar-refractivity contribution < 1.29 is 0 Å². The Kier molecular flexibility index (Phi) is 16.9. The molecule has 0 aliphatic heterocycles. The number of allylic oxidation sites excluding steroid dienone is 2. The largest absolute Gasteiger partial charge is 0.103 e. The second-order valence-corrected chi connectivity index (χ2v) is 15.9. The molecule has 0 radical (unpaired) electrons. The molecule has 270 valence electrons. The first-order valence-electron chi connectivity index (χ1n) is 20.6. The minimum atomic E-state index is 0.763. The van der Waals surface area contributed by atoms with Crippen LogP contribution in [-0.2, 0) is 25.7 Å². The standard InChI is InChI=1S/C41H52.C9H18/c1-5-7-9-11-30(3)13-15-34-20-24-35-21-14-31(4)38(39(35)28-34)29-41-37(22-18-32-16-17-32)26-25-36-23-19-33(27-40(36)41)12-10-8-6-2;1-4-6-7-8-9(3)5-2/h5,14,19-21,23-28,30,32H,1,6-13,15-18,22,29H2,2-4H3;4,9H,1,5-8H2,2-3H3. The van der Waals surface area contributed by atoms with Crippen molar-refractivity contribution in [2.75, 3.05) is 0 Å². The normalized spacial score (nSPS) is 13.9. The Morgan fingerprint density at radius 1 is 0.660 bits per heavy atom. The topological polar surface area (TPSA) is 0 Å². The SMILES string of the molecule is C=CCCCC(C)CC.C=CCCCC(C)CCc1ccc2ccc(C)c(Cc3c(CCC4CC4)ccc4ccc(CCCCC)cc34)c2c1. The molecule has 0 N–H and O–H groups in total. The van der Waals surface area contributed by atoms with Gasteiger partial charge in [0.25, 0.3) is 0 Å². The van der Waals surface area contributed by atoms with Gasteiger partial charge in [0.15, 0.2) is 0 Å². The van der Waals surface area contributed by atoms with Crippen molar-refractivity contribution in [3.63, 3.8) is 0 Å². The molecule has 0 spiro atoms. The maximum absolute atomic E-state index is 3.89. The van der Waals surface area contributed by atoms with E-state index in [1.54, 1.807) is 11.1 Å². The summed E-state index contributed by atoms with van der Waals surface area (Å²) in [5.74, 6) is 2.63. The van der Waals surface area contributed by atoms with E-state index in [1.165, 1.54) is 147 Å². The number of aryl methyl sites for hydroxylation is 4. The summed E-state index contributed by atoms with van der Waals surface area (Å²) in [6, 6.07) is 24.1. The van der Waals surface area contributed by atoms with Crippen LogP contribution in [0.4, 0.5) is 0 Å². The van der Waals surface area contributed by atoms with Gasteiger partial charge < -0.3 is 0 Å². The Morgan fingerprint density at radius 2 is 1.26 bits per heavy atom. The highest BCUT2D eigenvalue weighted by Crippen LogP contribution is 2.36. The number of benzene rings is 4. The number of rotatable bonds is 21. The lowest BCUT2D eigenvalue weighted by atomic mass is 9.86. The highest BCUT2D eigenvalue weighted by atomic mass is 14.3. The van der Waals surface area contributed by atoms with E-state index >= 15 is 0 Å². The van der Waals surface area contributed by atoms with E-state index < -0.39 is 0 Å². The fourth-order valence-electron chi connectivity index (χ4n) is 7.51. The van der Waals surface area contributed by atoms with Gasteiger partial charge in [0.2, 0.25) is 0 Å². The first-order valence-corrected chi connectivity index (χ1v) is 20.6. The Labute approximate surface area is 307 Å². The second-order valence-electron chi connectivity index (χ2n) is 15.9. The number of unbranched alkanes of at least 4 members (excludes halogenated alkanes) is 4. The summed E-state index contributed by atoms with van der Waals surface area (Å²) in [5, 5.41) is 5.74. The minimum Gasteiger partial charge on any atom is -0.103 e. The van der Waals surface area contributed by atoms with Gasteiger partial charge in [-0.05, 0) is 150 Å². The lowest BCUT2D eigenvalue weighted by Gasteiger charge is -2.18. The quantitative estimate of drug-likeness (QED) is 0.0611. The minimum absolute atomic E-state index is 0.763. The van der Waals surface area contributed by atoms with Crippen LogP contribution in [0.1, 0.15) is 151 Å². The van der Waals surface area contributed by atoms with E-state index in [1.807, 2.05) is 6.08 Å². The predicted molar refractivity (Wildman–Crippen MR) is 225 cm³/mol. The molecule has 5 rings (SSSR count). The molecule has 1 aliphatic carbocycles. The third kappa shape index (κ3) is 12.6. The summed E-state index contributed by atoms with van der Waals surface area (Å²) in [5.41, 5.74) is 9.11. The van der Waals surface area contributed by atoms with Crippen molar-refractivity contribution in [3.05, 3.63) is 119 Å². The van der Waals surface area contributed by atoms with Crippen LogP contribution >= 0.6 is 0 Å². The molecule has 0 amide bonds. The molecule has 0 aromatic heterocycles. The van der Waals surface area contributed by atoms with Gasteiger partial charge in [0.05, 0.1) is 0 Å². The number of fused-ring (bicyclic) bond motifs is 2. The maximum Gasteiger partial charge on any atom is -0.000809 e. The zero-order chi connectivity index (χ0) is 35.7. The van der Waals surface area contributed by atoms with Crippen molar-refractivity contribution in [3.8, 4) is 0 Å². The van der Waals surface area contributed by atoms with Crippen LogP contribution in [-0.4, -0.2) is 0 Å². The first-order chi connectivity index (χ1) is 24.4. The molecule has 1 fully saturated rings. The molecule has 0 bridgehead atoms. The number of hydrogen-bond donors (Lipinski definition) is 0. The molecular formula is C50H70. The lowest BCUT2D eigenvalue weighted by molar-refractivity contribution is 0.477. The van der Waals surface area contributed by atoms with E-state index in [4.69, 9.17) is 0 Å². The third-order valence-corrected chi connectivity index (χ3v) is 11.5. The summed E-state index contributed by atoms with van der Waals surface area (Å²) in [4.78, 5) is 0. The van der Waals surface area contributed by atoms with Gasteiger partial charge in [0.1, 0.15) is 0 Å². The maximum atomic E-state index is 3.89. The van der Waals surface area contributed by atoms with Gasteiger partial charge in [-0.1, -0.05) is 145 Å². The molecule has 1 aliphatic rings. The van der Waals surface area contributed by atoms with Crippen LogP contribution in [0.5, 0.6) is 0 Å². The molecule has 4 aromatic rings. The van der Waals surface area contributed by atoms with Gasteiger partial charge in [-0.15, -0.1) is 13.2 Å². The number of hydrogen-bond acceptors (Lipinski definition) is 0. The van der Waals surface area contributed by atoms with Gasteiger partial charge in [-0.3, -0.25) is 0 Å². The summed E-state index contributed by atoms with van der Waals surface area (Å²) in [7, 11) is 0. The second kappa shape index (κ2) is 21.3. The highest BCUT2D eigenvalue weighted by Gasteiger charge is 2.22. The first kappa shape index (κ1) is 39.7. The van der Waals surface area contributed by atoms with Crippen molar-refractivity contribution in [1.29, 1.82) is 0 Å². The van der Waals surface area contributed by atoms with Gasteiger partial charge in [-0.2, -0.15) is 0 Å². The monoisotopic (exact) mass is 671 g/mol. The average Bonchev–Trinajstić information content (AvgIpc) is 3.96. The molecular weight excluding hydrogens is 601 g/mol. The van der Waals surface area contributed by atoms with Gasteiger partial charge >= 0.3 is 0 Å². The lowest BCUT2D eigenvalue weighted by Crippen LogP contribution is -2.02. The molecule has 4 aromatic carbocycles. The smallest absolute Gasteiger partial charge is 0.000809 e. The van der Waals surface area contributed by atoms with Crippen molar-refractivity contribution in [1.82, 2.24) is 0 Å². The molecule has 1 saturated carbocycles. The fourth-order valence-corrected chi connectivity index (χ4v) is 7.51. The van der Waals surface area contributed by atoms with Crippen LogP contribution in [0.25, 0.3) is 21.5 Å². The summed E-state index contributed by atoms with van der Waals surface area (Å²) in [6.07, 6.45) is 26.9. The van der Waals surface area contributed by atoms with Gasteiger partial charge in [0, 0.05) is 0 Å². The summed E-state index contributed by atoms with van der Waals surface area (Å²) < 4.78 is 0. The molecule has 2 unspecified atom stereocenters. The third-order valence-electron chi connectivity index (χ3n) is 11.5. The predicted octanol–water partition coefficient (Wildman–Crippen LogP) is 15.3. The van der Waals surface area contributed by atoms with Crippen LogP contribution in [0.2, 0.25) is 0 Å². The molecule has 0 saturated heterocycles. The Hall–Kier alpha value is -3.12. The molecule has 0 nitrogen and oxygen atoms in total. The zero-order valence-corrected chi connectivity index (χ0v) is 32.8. The molecule has 2 atom stereocenters. The summed E-state index contributed by atoms with van der Waals surface area (Å²) >= 11 is 0. The van der Waals surface area contributed by atoms with Crippen LogP contribution < -0.4 is 0 Å². The van der Waals surface area contributed by atoms with E-state index in [2.05, 4.69) is 115 Å². The van der Waals surface area contributed by atoms with Crippen molar-refractivity contribution in [2.45, 2.75) is 150 Å². The Morgan fingerprint density at radius 3 is 1.88 bits per heavy atom. The van der Waals surface area contributed by atoms with Crippen molar-refractivity contribution >= 4 is 21.5 Å². The highest BCUT2D eigenvalue weighted by molar-refractivity contribution is 5.91. The fraction of sp³-hybridized carbons (Fsp3) is 0.520. The van der Waals surface area contributed by atoms with Crippen molar-refractivity contribution in [2.24, 2.45) is 17.8 Å². The van der Waals surface area contributed by atoms with Gasteiger partial charge in [-0.25, -0.2) is 0 Å². The van der Waals surface area contributed by atoms with Crippen LogP contribution in [0, 0.1) is 24.7 Å². The zero-order valence-electron chi connectivity index (χ0n) is 32.8. The Bertz CT molecular complexity index is 1610. The Balaban J connectivity index is 0.000000551. The average molecular weight is 671 g/mol. The summed E-state index contributed by atoms with van der Waals surface area (Å²) in [6.45, 7) is 19.2. The molecule has 50 heavy (non-hydrogen) atoms. The van der Waals surface area contributed by atoms with E-state index in [0.717, 1.165) is 30.6 Å². The van der Waals surface area contributed by atoms with E-state index in [-0.39, 0.29) is 0 Å². The molecule has 0 heteroatoms.